The van der Waals surface area contributed by atoms with Gasteiger partial charge in [-0.25, -0.2) is 4.98 Å². The summed E-state index contributed by atoms with van der Waals surface area (Å²) in [6.07, 6.45) is -3.16. The van der Waals surface area contributed by atoms with Crippen molar-refractivity contribution in [1.29, 1.82) is 0 Å². The fourth-order valence-corrected chi connectivity index (χ4v) is 2.30. The second-order valence-electron chi connectivity index (χ2n) is 4.74. The van der Waals surface area contributed by atoms with Crippen LogP contribution in [0, 0.1) is 0 Å². The number of aromatic nitrogens is 2. The zero-order chi connectivity index (χ0) is 15.7. The third kappa shape index (κ3) is 3.05. The zero-order valence-corrected chi connectivity index (χ0v) is 11.4. The number of nitrogen functional groups attached to an aromatic ring is 1. The summed E-state index contributed by atoms with van der Waals surface area (Å²) in [6, 6.07) is 5.46. The van der Waals surface area contributed by atoms with Crippen LogP contribution in [0.5, 0.6) is 11.6 Å². The lowest BCUT2D eigenvalue weighted by molar-refractivity contribution is -0.274. The molecule has 22 heavy (non-hydrogen) atoms. The number of ether oxygens (including phenoxy) is 2. The van der Waals surface area contributed by atoms with Crippen LogP contribution in [0.15, 0.2) is 24.3 Å². The van der Waals surface area contributed by atoms with Crippen molar-refractivity contribution in [2.75, 3.05) is 12.3 Å². The number of benzene rings is 1. The summed E-state index contributed by atoms with van der Waals surface area (Å²) >= 11 is 0. The van der Waals surface area contributed by atoms with Crippen LogP contribution in [0.3, 0.4) is 0 Å². The topological polar surface area (TPSA) is 70.3 Å². The van der Waals surface area contributed by atoms with Gasteiger partial charge >= 0.3 is 6.36 Å². The van der Waals surface area contributed by atoms with Crippen LogP contribution in [0.4, 0.5) is 19.1 Å². The Bertz CT molecular complexity index is 687. The average molecular weight is 311 g/mol. The molecule has 3 rings (SSSR count). The zero-order valence-electron chi connectivity index (χ0n) is 11.4. The molecule has 8 heteroatoms. The predicted molar refractivity (Wildman–Crippen MR) is 72.4 cm³/mol. The summed E-state index contributed by atoms with van der Waals surface area (Å²) < 4.78 is 45.8. The van der Waals surface area contributed by atoms with E-state index in [1.54, 1.807) is 0 Å². The molecule has 0 aliphatic carbocycles. The normalized spacial score (nSPS) is 14.1. The third-order valence-corrected chi connectivity index (χ3v) is 3.16. The Labute approximate surface area is 123 Å². The molecule has 0 atom stereocenters. The summed E-state index contributed by atoms with van der Waals surface area (Å²) in [4.78, 5) is 8.22. The highest BCUT2D eigenvalue weighted by Crippen LogP contribution is 2.33. The van der Waals surface area contributed by atoms with E-state index in [1.807, 2.05) is 0 Å². The van der Waals surface area contributed by atoms with Crippen LogP contribution in [-0.4, -0.2) is 22.9 Å². The fourth-order valence-electron chi connectivity index (χ4n) is 2.30. The first-order valence-electron chi connectivity index (χ1n) is 6.58. The lowest BCUT2D eigenvalue weighted by Crippen LogP contribution is -2.17. The molecule has 2 aromatic rings. The molecule has 0 spiro atoms. The number of nitrogens with zero attached hydrogens (tertiary/aromatic N) is 2. The molecule has 1 aliphatic rings. The molecule has 2 N–H and O–H groups in total. The predicted octanol–water partition coefficient (Wildman–Crippen LogP) is 2.95. The van der Waals surface area contributed by atoms with E-state index in [0.717, 1.165) is 18.4 Å². The molecule has 5 nitrogen and oxygen atoms in total. The van der Waals surface area contributed by atoms with E-state index in [4.69, 9.17) is 10.5 Å². The van der Waals surface area contributed by atoms with E-state index in [9.17, 15) is 13.2 Å². The van der Waals surface area contributed by atoms with Crippen molar-refractivity contribution in [2.45, 2.75) is 19.2 Å². The molecule has 0 amide bonds. The molecule has 0 fully saturated rings. The number of nitrogens with two attached hydrogens (primary N) is 1. The summed E-state index contributed by atoms with van der Waals surface area (Å²) in [5, 5.41) is 0. The van der Waals surface area contributed by atoms with E-state index >= 15 is 0 Å². The molecule has 2 heterocycles. The van der Waals surface area contributed by atoms with E-state index < -0.39 is 6.36 Å². The van der Waals surface area contributed by atoms with E-state index in [0.29, 0.717) is 23.7 Å². The van der Waals surface area contributed by atoms with E-state index in [1.165, 1.54) is 24.3 Å². The average Bonchev–Trinajstić information content (AvgIpc) is 2.45. The van der Waals surface area contributed by atoms with Gasteiger partial charge in [0.05, 0.1) is 12.3 Å². The first-order chi connectivity index (χ1) is 10.4. The van der Waals surface area contributed by atoms with Crippen molar-refractivity contribution >= 4 is 5.95 Å². The molecule has 0 radical (unpaired) electrons. The number of halogens is 3. The highest BCUT2D eigenvalue weighted by molar-refractivity contribution is 5.67. The first-order valence-corrected chi connectivity index (χ1v) is 6.58. The maximum Gasteiger partial charge on any atom is 0.573 e. The SMILES string of the molecule is Nc1nc2c(c(-c3ccc(OC(F)(F)F)cc3)n1)CCCO2. The highest BCUT2D eigenvalue weighted by atomic mass is 19.4. The largest absolute Gasteiger partial charge is 0.573 e. The first kappa shape index (κ1) is 14.4. The Kier molecular flexibility index (Phi) is 3.51. The quantitative estimate of drug-likeness (QED) is 0.923. The lowest BCUT2D eigenvalue weighted by atomic mass is 10.0. The van der Waals surface area contributed by atoms with E-state index in [2.05, 4.69) is 14.7 Å². The highest BCUT2D eigenvalue weighted by Gasteiger charge is 2.31. The van der Waals surface area contributed by atoms with Gasteiger partial charge in [0.25, 0.3) is 0 Å². The molecule has 0 saturated carbocycles. The maximum absolute atomic E-state index is 12.2. The molecule has 0 saturated heterocycles. The van der Waals surface area contributed by atoms with Gasteiger partial charge in [0.1, 0.15) is 5.75 Å². The van der Waals surface area contributed by atoms with Gasteiger partial charge in [-0.3, -0.25) is 0 Å². The minimum Gasteiger partial charge on any atom is -0.477 e. The molecular formula is C14H12F3N3O2. The van der Waals surface area contributed by atoms with Crippen molar-refractivity contribution in [3.05, 3.63) is 29.8 Å². The minimum atomic E-state index is -4.71. The molecule has 0 bridgehead atoms. The summed E-state index contributed by atoms with van der Waals surface area (Å²) in [5.74, 6) is 0.207. The third-order valence-electron chi connectivity index (χ3n) is 3.16. The van der Waals surface area contributed by atoms with Gasteiger partial charge in [0.15, 0.2) is 0 Å². The fraction of sp³-hybridized carbons (Fsp3) is 0.286. The molecule has 116 valence electrons. The summed E-state index contributed by atoms with van der Waals surface area (Å²) in [6.45, 7) is 0.557. The van der Waals surface area contributed by atoms with Crippen molar-refractivity contribution in [3.8, 4) is 22.9 Å². The Morgan fingerprint density at radius 2 is 1.86 bits per heavy atom. The number of hydrogen-bond acceptors (Lipinski definition) is 5. The van der Waals surface area contributed by atoms with Gasteiger partial charge in [0, 0.05) is 11.1 Å². The monoisotopic (exact) mass is 311 g/mol. The number of hydrogen-bond donors (Lipinski definition) is 1. The standard InChI is InChI=1S/C14H12F3N3O2/c15-14(16,17)22-9-5-3-8(4-6-9)11-10-2-1-7-21-12(10)20-13(18)19-11/h3-6H,1-2,7H2,(H2,18,19,20). The van der Waals surface area contributed by atoms with Crippen LogP contribution >= 0.6 is 0 Å². The van der Waals surface area contributed by atoms with Crippen molar-refractivity contribution in [2.24, 2.45) is 0 Å². The van der Waals surface area contributed by atoms with Crippen molar-refractivity contribution < 1.29 is 22.6 Å². The van der Waals surface area contributed by atoms with Gasteiger partial charge in [0.2, 0.25) is 11.8 Å². The Balaban J connectivity index is 1.96. The van der Waals surface area contributed by atoms with Gasteiger partial charge in [-0.05, 0) is 37.1 Å². The molecule has 1 aromatic heterocycles. The van der Waals surface area contributed by atoms with E-state index in [-0.39, 0.29) is 11.7 Å². The number of alkyl halides is 3. The maximum atomic E-state index is 12.2. The van der Waals surface area contributed by atoms with Crippen LogP contribution in [0.2, 0.25) is 0 Å². The molecule has 1 aromatic carbocycles. The van der Waals surface area contributed by atoms with Crippen LogP contribution < -0.4 is 15.2 Å². The van der Waals surface area contributed by atoms with Crippen LogP contribution in [-0.2, 0) is 6.42 Å². The van der Waals surface area contributed by atoms with Gasteiger partial charge in [-0.2, -0.15) is 4.98 Å². The summed E-state index contributed by atoms with van der Waals surface area (Å²) in [7, 11) is 0. The number of anilines is 1. The van der Waals surface area contributed by atoms with Gasteiger partial charge in [-0.1, -0.05) is 0 Å². The van der Waals surface area contributed by atoms with Crippen LogP contribution in [0.25, 0.3) is 11.3 Å². The van der Waals surface area contributed by atoms with Crippen molar-refractivity contribution in [1.82, 2.24) is 9.97 Å². The molecular weight excluding hydrogens is 299 g/mol. The molecule has 1 aliphatic heterocycles. The minimum absolute atomic E-state index is 0.0614. The van der Waals surface area contributed by atoms with Gasteiger partial charge < -0.3 is 15.2 Å². The smallest absolute Gasteiger partial charge is 0.477 e. The lowest BCUT2D eigenvalue weighted by Gasteiger charge is -2.19. The molecule has 0 unspecified atom stereocenters. The number of fused-ring (bicyclic) bond motifs is 1. The van der Waals surface area contributed by atoms with Gasteiger partial charge in [-0.15, -0.1) is 13.2 Å². The Morgan fingerprint density at radius 3 is 2.55 bits per heavy atom. The second-order valence-corrected chi connectivity index (χ2v) is 4.74. The Morgan fingerprint density at radius 1 is 1.14 bits per heavy atom. The second kappa shape index (κ2) is 5.36. The van der Waals surface area contributed by atoms with Crippen molar-refractivity contribution in [3.63, 3.8) is 0 Å². The Hall–Kier alpha value is -2.51. The number of rotatable bonds is 2. The van der Waals surface area contributed by atoms with Crippen LogP contribution in [0.1, 0.15) is 12.0 Å². The summed E-state index contributed by atoms with van der Waals surface area (Å²) in [5.41, 5.74) is 7.67.